The van der Waals surface area contributed by atoms with Gasteiger partial charge in [-0.15, -0.1) is 0 Å². The fourth-order valence-electron chi connectivity index (χ4n) is 2.95. The average molecular weight is 289 g/mol. The number of amides is 1. The van der Waals surface area contributed by atoms with Gasteiger partial charge in [0.05, 0.1) is 0 Å². The van der Waals surface area contributed by atoms with Crippen molar-refractivity contribution in [3.05, 3.63) is 29.3 Å². The van der Waals surface area contributed by atoms with E-state index in [0.717, 1.165) is 32.7 Å². The molecule has 4 heteroatoms. The first-order valence-electron chi connectivity index (χ1n) is 7.79. The molecule has 0 aliphatic carbocycles. The van der Waals surface area contributed by atoms with Crippen molar-refractivity contribution in [1.82, 2.24) is 10.2 Å². The first-order valence-corrected chi connectivity index (χ1v) is 7.79. The number of hydrogen-bond donors (Lipinski definition) is 1. The Balaban J connectivity index is 1.97. The predicted octanol–water partition coefficient (Wildman–Crippen LogP) is 1.81. The summed E-state index contributed by atoms with van der Waals surface area (Å²) < 4.78 is 0. The third-order valence-electron chi connectivity index (χ3n) is 4.44. The van der Waals surface area contributed by atoms with E-state index in [-0.39, 0.29) is 11.8 Å². The van der Waals surface area contributed by atoms with Gasteiger partial charge in [-0.1, -0.05) is 19.1 Å². The molecule has 4 nitrogen and oxygen atoms in total. The lowest BCUT2D eigenvalue weighted by molar-refractivity contribution is -0.135. The zero-order valence-corrected chi connectivity index (χ0v) is 13.6. The number of nitrogens with one attached hydrogen (secondary N) is 1. The summed E-state index contributed by atoms with van der Waals surface area (Å²) in [6, 6.07) is 6.45. The van der Waals surface area contributed by atoms with Crippen LogP contribution in [0.4, 0.5) is 5.69 Å². The second kappa shape index (κ2) is 6.94. The summed E-state index contributed by atoms with van der Waals surface area (Å²) in [5.74, 6) is 0.326. The molecule has 1 unspecified atom stereocenters. The molecule has 1 N–H and O–H groups in total. The SMILES string of the molecule is CNCC(C)C(=O)N1CCN(c2cccc(C)c2C)CC1. The summed E-state index contributed by atoms with van der Waals surface area (Å²) in [7, 11) is 1.89. The minimum Gasteiger partial charge on any atom is -0.368 e. The van der Waals surface area contributed by atoms with Crippen molar-refractivity contribution < 1.29 is 4.79 Å². The van der Waals surface area contributed by atoms with E-state index in [9.17, 15) is 4.79 Å². The Labute approximate surface area is 128 Å². The number of nitrogens with zero attached hydrogens (tertiary/aromatic N) is 2. The van der Waals surface area contributed by atoms with Gasteiger partial charge in [0.2, 0.25) is 5.91 Å². The van der Waals surface area contributed by atoms with Crippen LogP contribution in [0.25, 0.3) is 0 Å². The molecule has 1 aromatic rings. The molecular formula is C17H27N3O. The quantitative estimate of drug-likeness (QED) is 0.918. The number of benzene rings is 1. The average Bonchev–Trinajstić information content (AvgIpc) is 2.50. The second-order valence-electron chi connectivity index (χ2n) is 5.99. The number of aryl methyl sites for hydroxylation is 1. The van der Waals surface area contributed by atoms with Crippen molar-refractivity contribution in [2.75, 3.05) is 44.7 Å². The molecule has 1 fully saturated rings. The molecule has 1 aliphatic rings. The third kappa shape index (κ3) is 3.56. The van der Waals surface area contributed by atoms with Crippen LogP contribution < -0.4 is 10.2 Å². The third-order valence-corrected chi connectivity index (χ3v) is 4.44. The Kier molecular flexibility index (Phi) is 5.23. The van der Waals surface area contributed by atoms with E-state index in [0.29, 0.717) is 0 Å². The molecule has 0 aromatic heterocycles. The fourth-order valence-corrected chi connectivity index (χ4v) is 2.95. The molecule has 1 atom stereocenters. The monoisotopic (exact) mass is 289 g/mol. The van der Waals surface area contributed by atoms with Crippen LogP contribution in [0.3, 0.4) is 0 Å². The van der Waals surface area contributed by atoms with Crippen LogP contribution in [0.1, 0.15) is 18.1 Å². The van der Waals surface area contributed by atoms with Gasteiger partial charge >= 0.3 is 0 Å². The normalized spacial score (nSPS) is 17.0. The summed E-state index contributed by atoms with van der Waals surface area (Å²) in [6.45, 7) is 10.5. The molecule has 0 spiro atoms. The smallest absolute Gasteiger partial charge is 0.226 e. The number of rotatable bonds is 4. The molecule has 21 heavy (non-hydrogen) atoms. The van der Waals surface area contributed by atoms with Crippen molar-refractivity contribution in [3.8, 4) is 0 Å². The molecule has 1 heterocycles. The second-order valence-corrected chi connectivity index (χ2v) is 5.99. The van der Waals surface area contributed by atoms with E-state index >= 15 is 0 Å². The maximum absolute atomic E-state index is 12.3. The van der Waals surface area contributed by atoms with Crippen molar-refractivity contribution in [3.63, 3.8) is 0 Å². The van der Waals surface area contributed by atoms with E-state index in [1.165, 1.54) is 16.8 Å². The molecule has 1 saturated heterocycles. The van der Waals surface area contributed by atoms with Crippen molar-refractivity contribution in [2.24, 2.45) is 5.92 Å². The Bertz CT molecular complexity index is 493. The molecule has 0 radical (unpaired) electrons. The van der Waals surface area contributed by atoms with Crippen LogP contribution in [-0.2, 0) is 4.79 Å². The summed E-state index contributed by atoms with van der Waals surface area (Å²) in [4.78, 5) is 16.7. The summed E-state index contributed by atoms with van der Waals surface area (Å²) in [6.07, 6.45) is 0. The van der Waals surface area contributed by atoms with Gasteiger partial charge in [-0.25, -0.2) is 0 Å². The minimum atomic E-state index is 0.0576. The molecule has 1 aliphatic heterocycles. The number of anilines is 1. The van der Waals surface area contributed by atoms with Crippen LogP contribution in [0, 0.1) is 19.8 Å². The molecular weight excluding hydrogens is 262 g/mol. The van der Waals surface area contributed by atoms with E-state index in [1.54, 1.807) is 0 Å². The predicted molar refractivity (Wildman–Crippen MR) is 87.8 cm³/mol. The van der Waals surface area contributed by atoms with Gasteiger partial charge in [0, 0.05) is 44.3 Å². The van der Waals surface area contributed by atoms with E-state index in [1.807, 2.05) is 18.9 Å². The Hall–Kier alpha value is -1.55. The standard InChI is InChI=1S/C17H27N3O/c1-13-6-5-7-16(15(13)3)19-8-10-20(11-9-19)17(21)14(2)12-18-4/h5-7,14,18H,8-12H2,1-4H3. The van der Waals surface area contributed by atoms with Crippen molar-refractivity contribution in [1.29, 1.82) is 0 Å². The van der Waals surface area contributed by atoms with E-state index in [4.69, 9.17) is 0 Å². The van der Waals surface area contributed by atoms with Gasteiger partial charge in [-0.2, -0.15) is 0 Å². The number of carbonyl (C=O) groups is 1. The topological polar surface area (TPSA) is 35.6 Å². The highest BCUT2D eigenvalue weighted by Crippen LogP contribution is 2.24. The van der Waals surface area contributed by atoms with Gasteiger partial charge in [0.15, 0.2) is 0 Å². The Morgan fingerprint density at radius 1 is 1.24 bits per heavy atom. The van der Waals surface area contributed by atoms with Gasteiger partial charge in [-0.3, -0.25) is 4.79 Å². The highest BCUT2D eigenvalue weighted by Gasteiger charge is 2.25. The first-order chi connectivity index (χ1) is 10.0. The molecule has 0 saturated carbocycles. The number of piperazine rings is 1. The summed E-state index contributed by atoms with van der Waals surface area (Å²) >= 11 is 0. The summed E-state index contributed by atoms with van der Waals surface area (Å²) in [5, 5.41) is 3.08. The Morgan fingerprint density at radius 2 is 1.90 bits per heavy atom. The zero-order valence-electron chi connectivity index (χ0n) is 13.6. The first kappa shape index (κ1) is 15.8. The lowest BCUT2D eigenvalue weighted by atomic mass is 10.1. The molecule has 2 rings (SSSR count). The lowest BCUT2D eigenvalue weighted by Crippen LogP contribution is -2.51. The molecule has 116 valence electrons. The van der Waals surface area contributed by atoms with Crippen molar-refractivity contribution >= 4 is 11.6 Å². The van der Waals surface area contributed by atoms with Gasteiger partial charge in [-0.05, 0) is 38.1 Å². The fraction of sp³-hybridized carbons (Fsp3) is 0.588. The summed E-state index contributed by atoms with van der Waals surface area (Å²) in [5.41, 5.74) is 3.99. The van der Waals surface area contributed by atoms with Crippen LogP contribution in [0.5, 0.6) is 0 Å². The van der Waals surface area contributed by atoms with Crippen LogP contribution in [0.2, 0.25) is 0 Å². The van der Waals surface area contributed by atoms with E-state index < -0.39 is 0 Å². The maximum atomic E-state index is 12.3. The molecule has 1 amide bonds. The van der Waals surface area contributed by atoms with Crippen molar-refractivity contribution in [2.45, 2.75) is 20.8 Å². The molecule has 1 aromatic carbocycles. The zero-order chi connectivity index (χ0) is 15.4. The molecule has 0 bridgehead atoms. The van der Waals surface area contributed by atoms with Crippen LogP contribution in [0.15, 0.2) is 18.2 Å². The van der Waals surface area contributed by atoms with E-state index in [2.05, 4.69) is 42.3 Å². The van der Waals surface area contributed by atoms with Gasteiger partial charge < -0.3 is 15.1 Å². The maximum Gasteiger partial charge on any atom is 0.226 e. The highest BCUT2D eigenvalue weighted by molar-refractivity contribution is 5.79. The van der Waals surface area contributed by atoms with Crippen LogP contribution >= 0.6 is 0 Å². The minimum absolute atomic E-state index is 0.0576. The van der Waals surface area contributed by atoms with Gasteiger partial charge in [0.1, 0.15) is 0 Å². The number of hydrogen-bond acceptors (Lipinski definition) is 3. The van der Waals surface area contributed by atoms with Gasteiger partial charge in [0.25, 0.3) is 0 Å². The Morgan fingerprint density at radius 3 is 2.52 bits per heavy atom. The highest BCUT2D eigenvalue weighted by atomic mass is 16.2. The largest absolute Gasteiger partial charge is 0.368 e. The lowest BCUT2D eigenvalue weighted by Gasteiger charge is -2.38. The van der Waals surface area contributed by atoms with Crippen LogP contribution in [-0.4, -0.2) is 50.6 Å². The number of carbonyl (C=O) groups excluding carboxylic acids is 1.